The molecule has 0 bridgehead atoms. The molecule has 0 saturated heterocycles. The van der Waals surface area contributed by atoms with Crippen LogP contribution in [-0.4, -0.2) is 33.3 Å². The van der Waals surface area contributed by atoms with Gasteiger partial charge in [0.05, 0.1) is 12.7 Å². The van der Waals surface area contributed by atoms with Crippen molar-refractivity contribution < 1.29 is 28.2 Å². The molecule has 0 fully saturated rings. The van der Waals surface area contributed by atoms with Gasteiger partial charge in [-0.15, -0.1) is 0 Å². The molecule has 0 amide bonds. The molecule has 1 aromatic rings. The first-order chi connectivity index (χ1) is 7.63. The molecule has 96 valence electrons. The van der Waals surface area contributed by atoms with Crippen molar-refractivity contribution >= 4 is 22.4 Å². The third-order valence-electron chi connectivity index (χ3n) is 1.83. The van der Waals surface area contributed by atoms with Gasteiger partial charge in [0.25, 0.3) is 0 Å². The SMILES string of the molecule is CC(O)(CNc1ncc(C(F)(F)F)s1)C(=O)O. The molecule has 9 heteroatoms. The minimum absolute atomic E-state index is 0.0983. The average Bonchev–Trinajstić information content (AvgIpc) is 2.62. The molecule has 1 aromatic heterocycles. The molecule has 0 radical (unpaired) electrons. The molecule has 3 N–H and O–H groups in total. The van der Waals surface area contributed by atoms with Gasteiger partial charge >= 0.3 is 12.1 Å². The predicted octanol–water partition coefficient (Wildman–Crippen LogP) is 1.41. The number of halogens is 3. The van der Waals surface area contributed by atoms with E-state index in [4.69, 9.17) is 5.11 Å². The van der Waals surface area contributed by atoms with Gasteiger partial charge < -0.3 is 15.5 Å². The van der Waals surface area contributed by atoms with E-state index >= 15 is 0 Å². The summed E-state index contributed by atoms with van der Waals surface area (Å²) in [7, 11) is 0. The molecule has 1 unspecified atom stereocenters. The molecule has 0 aromatic carbocycles. The lowest BCUT2D eigenvalue weighted by molar-refractivity contribution is -0.155. The molecule has 17 heavy (non-hydrogen) atoms. The fourth-order valence-electron chi connectivity index (χ4n) is 0.810. The van der Waals surface area contributed by atoms with E-state index in [1.165, 1.54) is 0 Å². The van der Waals surface area contributed by atoms with Crippen molar-refractivity contribution in [2.75, 3.05) is 11.9 Å². The van der Waals surface area contributed by atoms with Crippen molar-refractivity contribution in [1.82, 2.24) is 4.98 Å². The number of rotatable bonds is 4. The summed E-state index contributed by atoms with van der Waals surface area (Å²) in [4.78, 5) is 13.1. The minimum atomic E-state index is -4.48. The van der Waals surface area contributed by atoms with Crippen LogP contribution in [-0.2, 0) is 11.0 Å². The van der Waals surface area contributed by atoms with Crippen LogP contribution in [0, 0.1) is 0 Å². The molecule has 1 atom stereocenters. The highest BCUT2D eigenvalue weighted by molar-refractivity contribution is 7.15. The monoisotopic (exact) mass is 270 g/mol. The number of alkyl halides is 3. The Bertz CT molecular complexity index is 416. The normalized spacial score (nSPS) is 15.4. The highest BCUT2D eigenvalue weighted by Crippen LogP contribution is 2.35. The summed E-state index contributed by atoms with van der Waals surface area (Å²) >= 11 is 0.341. The fourth-order valence-corrected chi connectivity index (χ4v) is 1.49. The maximum absolute atomic E-state index is 12.2. The zero-order valence-electron chi connectivity index (χ0n) is 8.58. The van der Waals surface area contributed by atoms with Crippen molar-refractivity contribution in [3.8, 4) is 0 Å². The van der Waals surface area contributed by atoms with Gasteiger partial charge in [-0.2, -0.15) is 13.2 Å². The Labute approximate surface area is 97.9 Å². The third-order valence-corrected chi connectivity index (χ3v) is 2.83. The number of thiazole rings is 1. The number of nitrogens with one attached hydrogen (secondary N) is 1. The van der Waals surface area contributed by atoms with Crippen LogP contribution >= 0.6 is 11.3 Å². The Balaban J connectivity index is 2.66. The highest BCUT2D eigenvalue weighted by atomic mass is 32.1. The lowest BCUT2D eigenvalue weighted by Gasteiger charge is -2.17. The van der Waals surface area contributed by atoms with Crippen molar-refractivity contribution in [3.05, 3.63) is 11.1 Å². The first-order valence-corrected chi connectivity index (χ1v) is 5.17. The number of carboxylic acid groups (broad SMARTS) is 1. The van der Waals surface area contributed by atoms with Crippen LogP contribution < -0.4 is 5.32 Å². The van der Waals surface area contributed by atoms with E-state index in [2.05, 4.69) is 10.3 Å². The number of carboxylic acids is 1. The molecule has 1 rings (SSSR count). The number of aliphatic carboxylic acids is 1. The van der Waals surface area contributed by atoms with Gasteiger partial charge in [-0.3, -0.25) is 0 Å². The number of hydrogen-bond donors (Lipinski definition) is 3. The Morgan fingerprint density at radius 1 is 1.59 bits per heavy atom. The lowest BCUT2D eigenvalue weighted by Crippen LogP contribution is -2.41. The molecule has 5 nitrogen and oxygen atoms in total. The molecule has 0 saturated carbocycles. The highest BCUT2D eigenvalue weighted by Gasteiger charge is 2.34. The number of aliphatic hydroxyl groups is 1. The first-order valence-electron chi connectivity index (χ1n) is 4.35. The first kappa shape index (κ1) is 13.7. The van der Waals surface area contributed by atoms with E-state index in [9.17, 15) is 23.1 Å². The maximum Gasteiger partial charge on any atom is 0.427 e. The summed E-state index contributed by atoms with van der Waals surface area (Å²) in [6.45, 7) is 0.591. The topological polar surface area (TPSA) is 82.5 Å². The largest absolute Gasteiger partial charge is 0.479 e. The Kier molecular flexibility index (Phi) is 3.62. The second kappa shape index (κ2) is 4.49. The summed E-state index contributed by atoms with van der Waals surface area (Å²) < 4.78 is 36.6. The molecule has 0 aliphatic heterocycles. The van der Waals surface area contributed by atoms with E-state index in [1.807, 2.05) is 0 Å². The number of carbonyl (C=O) groups is 1. The summed E-state index contributed by atoms with van der Waals surface area (Å²) in [6, 6.07) is 0. The number of aromatic nitrogens is 1. The number of nitrogens with zero attached hydrogens (tertiary/aromatic N) is 1. The van der Waals surface area contributed by atoms with Gasteiger partial charge in [-0.05, 0) is 6.92 Å². The van der Waals surface area contributed by atoms with Gasteiger partial charge in [0.15, 0.2) is 10.7 Å². The zero-order valence-corrected chi connectivity index (χ0v) is 9.39. The summed E-state index contributed by atoms with van der Waals surface area (Å²) in [5.41, 5.74) is -2.07. The molecular formula is C8H9F3N2O3S. The predicted molar refractivity (Wildman–Crippen MR) is 53.9 cm³/mol. The van der Waals surface area contributed by atoms with Crippen LogP contribution in [0.5, 0.6) is 0 Å². The van der Waals surface area contributed by atoms with Crippen LogP contribution in [0.2, 0.25) is 0 Å². The molecule has 0 spiro atoms. The number of hydrogen-bond acceptors (Lipinski definition) is 5. The van der Waals surface area contributed by atoms with E-state index in [1.54, 1.807) is 0 Å². The molecule has 1 heterocycles. The second-order valence-corrected chi connectivity index (χ2v) is 4.49. The van der Waals surface area contributed by atoms with Crippen LogP contribution in [0.4, 0.5) is 18.3 Å². The second-order valence-electron chi connectivity index (χ2n) is 3.46. The van der Waals surface area contributed by atoms with E-state index in [-0.39, 0.29) is 5.13 Å². The van der Waals surface area contributed by atoms with Gasteiger partial charge in [0, 0.05) is 0 Å². The van der Waals surface area contributed by atoms with Gasteiger partial charge in [0.2, 0.25) is 0 Å². The van der Waals surface area contributed by atoms with E-state index < -0.39 is 29.2 Å². The molecule has 0 aliphatic rings. The summed E-state index contributed by atoms with van der Waals surface area (Å²) in [5.74, 6) is -1.47. The minimum Gasteiger partial charge on any atom is -0.479 e. The summed E-state index contributed by atoms with van der Waals surface area (Å²) in [6.07, 6.45) is -3.84. The van der Waals surface area contributed by atoms with Gasteiger partial charge in [-0.25, -0.2) is 9.78 Å². The zero-order chi connectivity index (χ0) is 13.3. The van der Waals surface area contributed by atoms with E-state index in [0.717, 1.165) is 6.92 Å². The van der Waals surface area contributed by atoms with Crippen molar-refractivity contribution in [2.45, 2.75) is 18.7 Å². The molecule has 0 aliphatic carbocycles. The average molecular weight is 270 g/mol. The Morgan fingerprint density at radius 3 is 2.59 bits per heavy atom. The summed E-state index contributed by atoms with van der Waals surface area (Å²) in [5, 5.41) is 20.1. The van der Waals surface area contributed by atoms with Gasteiger partial charge in [-0.1, -0.05) is 11.3 Å². The fraction of sp³-hybridized carbons (Fsp3) is 0.500. The van der Waals surface area contributed by atoms with Crippen LogP contribution in [0.3, 0.4) is 0 Å². The Morgan fingerprint density at radius 2 is 2.18 bits per heavy atom. The van der Waals surface area contributed by atoms with Crippen LogP contribution in [0.15, 0.2) is 6.20 Å². The maximum atomic E-state index is 12.2. The standard InChI is InChI=1S/C8H9F3N2O3S/c1-7(16,5(14)15)3-13-6-12-2-4(17-6)8(9,10)11/h2,16H,3H2,1H3,(H,12,13)(H,14,15). The van der Waals surface area contributed by atoms with E-state index in [0.29, 0.717) is 17.5 Å². The van der Waals surface area contributed by atoms with Crippen LogP contribution in [0.1, 0.15) is 11.8 Å². The van der Waals surface area contributed by atoms with Crippen LogP contribution in [0.25, 0.3) is 0 Å². The molecular weight excluding hydrogens is 261 g/mol. The van der Waals surface area contributed by atoms with Crippen molar-refractivity contribution in [1.29, 1.82) is 0 Å². The Hall–Kier alpha value is -1.35. The van der Waals surface area contributed by atoms with Gasteiger partial charge in [0.1, 0.15) is 4.88 Å². The number of anilines is 1. The van der Waals surface area contributed by atoms with Crippen molar-refractivity contribution in [2.24, 2.45) is 0 Å². The smallest absolute Gasteiger partial charge is 0.427 e. The lowest BCUT2D eigenvalue weighted by atomic mass is 10.1. The third kappa shape index (κ3) is 3.56. The van der Waals surface area contributed by atoms with Crippen molar-refractivity contribution in [3.63, 3.8) is 0 Å². The quantitative estimate of drug-likeness (QED) is 0.770.